The number of hydrogen-bond acceptors (Lipinski definition) is 4. The van der Waals surface area contributed by atoms with E-state index in [-0.39, 0.29) is 23.1 Å². The molecule has 2 aliphatic heterocycles. The zero-order valence-electron chi connectivity index (χ0n) is 23.6. The smallest absolute Gasteiger partial charge is 0.314 e. The quantitative estimate of drug-likeness (QED) is 0.650. The summed E-state index contributed by atoms with van der Waals surface area (Å²) < 4.78 is 2.13. The Labute approximate surface area is 231 Å². The molecule has 1 aliphatic carbocycles. The van der Waals surface area contributed by atoms with Crippen LogP contribution in [-0.4, -0.2) is 74.3 Å². The summed E-state index contributed by atoms with van der Waals surface area (Å²) >= 11 is 0. The van der Waals surface area contributed by atoms with Crippen molar-refractivity contribution < 1.29 is 14.4 Å². The third-order valence-electron chi connectivity index (χ3n) is 8.68. The zero-order valence-corrected chi connectivity index (χ0v) is 23.6. The average molecular weight is 535 g/mol. The lowest BCUT2D eigenvalue weighted by molar-refractivity contribution is -0.149. The molecule has 3 heterocycles. The second kappa shape index (κ2) is 11.0. The molecular weight excluding hydrogens is 492 g/mol. The molecule has 210 valence electrons. The molecule has 39 heavy (non-hydrogen) atoms. The lowest BCUT2D eigenvalue weighted by Crippen LogP contribution is -2.55. The molecule has 1 aromatic heterocycles. The number of carbonyl (C=O) groups is 3. The predicted octanol–water partition coefficient (Wildman–Crippen LogP) is 3.29. The Kier molecular flexibility index (Phi) is 7.69. The number of fused-ring (bicyclic) bond motifs is 1. The van der Waals surface area contributed by atoms with Gasteiger partial charge in [0.2, 0.25) is 11.8 Å². The van der Waals surface area contributed by atoms with Crippen molar-refractivity contribution >= 4 is 17.8 Å². The molecule has 1 saturated carbocycles. The summed E-state index contributed by atoms with van der Waals surface area (Å²) in [6.45, 7) is 9.63. The molecule has 9 heteroatoms. The van der Waals surface area contributed by atoms with Gasteiger partial charge in [-0.2, -0.15) is 0 Å². The molecule has 1 unspecified atom stereocenters. The molecule has 0 radical (unpaired) electrons. The number of nitrogens with two attached hydrogens (primary N) is 1. The van der Waals surface area contributed by atoms with Gasteiger partial charge in [0.1, 0.15) is 6.04 Å². The number of nitrogens with zero attached hydrogens (tertiary/aromatic N) is 5. The van der Waals surface area contributed by atoms with Crippen molar-refractivity contribution in [1.82, 2.24) is 24.3 Å². The van der Waals surface area contributed by atoms with Crippen LogP contribution in [0.25, 0.3) is 0 Å². The molecule has 2 N–H and O–H groups in total. The van der Waals surface area contributed by atoms with Crippen LogP contribution in [0, 0.1) is 5.92 Å². The SMILES string of the molecule is CC(C)(C)c1ccc(Cn2cnc3c2CN(C(=O)C2CCCC2)C(C(=O)N2CCCN(C(N)=O)CC2)C3)cc1. The summed E-state index contributed by atoms with van der Waals surface area (Å²) in [5, 5.41) is 0. The Morgan fingerprint density at radius 3 is 2.26 bits per heavy atom. The van der Waals surface area contributed by atoms with Crippen LogP contribution < -0.4 is 5.73 Å². The van der Waals surface area contributed by atoms with Crippen molar-refractivity contribution in [3.8, 4) is 0 Å². The van der Waals surface area contributed by atoms with Crippen molar-refractivity contribution in [2.45, 2.75) is 83.8 Å². The maximum atomic E-state index is 13.9. The molecule has 9 nitrogen and oxygen atoms in total. The molecule has 5 rings (SSSR count). The second-order valence-corrected chi connectivity index (χ2v) is 12.4. The summed E-state index contributed by atoms with van der Waals surface area (Å²) in [4.78, 5) is 49.3. The van der Waals surface area contributed by atoms with E-state index in [1.54, 1.807) is 9.80 Å². The van der Waals surface area contributed by atoms with Crippen molar-refractivity contribution in [2.75, 3.05) is 26.2 Å². The van der Waals surface area contributed by atoms with Gasteiger partial charge in [0.05, 0.1) is 24.3 Å². The highest BCUT2D eigenvalue weighted by Gasteiger charge is 2.41. The Hall–Kier alpha value is -3.36. The van der Waals surface area contributed by atoms with Crippen LogP contribution in [0.4, 0.5) is 4.79 Å². The lowest BCUT2D eigenvalue weighted by Gasteiger charge is -2.38. The minimum atomic E-state index is -0.569. The van der Waals surface area contributed by atoms with E-state index in [1.165, 1.54) is 11.1 Å². The van der Waals surface area contributed by atoms with E-state index >= 15 is 0 Å². The number of carbonyl (C=O) groups excluding carboxylic acids is 3. The fourth-order valence-corrected chi connectivity index (χ4v) is 6.24. The second-order valence-electron chi connectivity index (χ2n) is 12.4. The highest BCUT2D eigenvalue weighted by atomic mass is 16.2. The van der Waals surface area contributed by atoms with Crippen LogP contribution in [0.5, 0.6) is 0 Å². The van der Waals surface area contributed by atoms with Crippen LogP contribution >= 0.6 is 0 Å². The molecule has 1 aromatic carbocycles. The maximum Gasteiger partial charge on any atom is 0.314 e. The molecule has 2 fully saturated rings. The first-order valence-electron chi connectivity index (χ1n) is 14.4. The third kappa shape index (κ3) is 5.82. The van der Waals surface area contributed by atoms with Crippen LogP contribution in [0.2, 0.25) is 0 Å². The summed E-state index contributed by atoms with van der Waals surface area (Å²) in [5.74, 6) is 0.0238. The first-order valence-corrected chi connectivity index (χ1v) is 14.4. The minimum absolute atomic E-state index is 0.0161. The van der Waals surface area contributed by atoms with Crippen molar-refractivity contribution in [3.63, 3.8) is 0 Å². The van der Waals surface area contributed by atoms with Gasteiger partial charge in [0.25, 0.3) is 0 Å². The largest absolute Gasteiger partial charge is 0.351 e. The topological polar surface area (TPSA) is 105 Å². The fourth-order valence-electron chi connectivity index (χ4n) is 6.24. The minimum Gasteiger partial charge on any atom is -0.351 e. The van der Waals surface area contributed by atoms with E-state index in [0.29, 0.717) is 52.1 Å². The van der Waals surface area contributed by atoms with Crippen LogP contribution in [0.1, 0.15) is 75.4 Å². The first kappa shape index (κ1) is 27.2. The van der Waals surface area contributed by atoms with Gasteiger partial charge in [-0.3, -0.25) is 9.59 Å². The van der Waals surface area contributed by atoms with Gasteiger partial charge in [-0.05, 0) is 35.8 Å². The number of amides is 4. The van der Waals surface area contributed by atoms with Crippen LogP contribution in [-0.2, 0) is 34.5 Å². The zero-order chi connectivity index (χ0) is 27.7. The molecule has 1 atom stereocenters. The van der Waals surface area contributed by atoms with Gasteiger partial charge in [-0.1, -0.05) is 57.9 Å². The number of aromatic nitrogens is 2. The number of primary amides is 1. The van der Waals surface area contributed by atoms with E-state index in [1.807, 2.05) is 11.2 Å². The fraction of sp³-hybridized carbons (Fsp3) is 0.600. The highest BCUT2D eigenvalue weighted by Crippen LogP contribution is 2.32. The van der Waals surface area contributed by atoms with Gasteiger partial charge < -0.3 is 25.0 Å². The highest BCUT2D eigenvalue weighted by molar-refractivity contribution is 5.89. The monoisotopic (exact) mass is 534 g/mol. The Balaban J connectivity index is 1.38. The van der Waals surface area contributed by atoms with Crippen LogP contribution in [0.15, 0.2) is 30.6 Å². The molecular formula is C30H42N6O3. The number of rotatable bonds is 4. The van der Waals surface area contributed by atoms with Crippen LogP contribution in [0.3, 0.4) is 0 Å². The standard InChI is InChI=1S/C30H42N6O3/c1-30(2,3)23-11-9-21(10-12-23)18-35-20-32-24-17-25(28(38)33-13-6-14-34(16-15-33)29(31)39)36(19-26(24)35)27(37)22-7-4-5-8-22/h9-12,20,22,25H,4-8,13-19H2,1-3H3,(H2,31,39). The number of urea groups is 1. The molecule has 1 saturated heterocycles. The summed E-state index contributed by atoms with van der Waals surface area (Å²) in [6.07, 6.45) is 6.84. The van der Waals surface area contributed by atoms with Gasteiger partial charge in [-0.25, -0.2) is 9.78 Å². The predicted molar refractivity (Wildman–Crippen MR) is 149 cm³/mol. The van der Waals surface area contributed by atoms with E-state index in [9.17, 15) is 14.4 Å². The molecule has 0 spiro atoms. The van der Waals surface area contributed by atoms with E-state index in [0.717, 1.165) is 37.1 Å². The van der Waals surface area contributed by atoms with Crippen molar-refractivity contribution in [3.05, 3.63) is 53.1 Å². The summed E-state index contributed by atoms with van der Waals surface area (Å²) in [7, 11) is 0. The molecule has 3 aliphatic rings. The average Bonchev–Trinajstić information content (AvgIpc) is 3.51. The first-order chi connectivity index (χ1) is 18.6. The van der Waals surface area contributed by atoms with E-state index in [2.05, 4.69) is 49.6 Å². The third-order valence-corrected chi connectivity index (χ3v) is 8.68. The molecule has 2 aromatic rings. The molecule has 0 bridgehead atoms. The Bertz CT molecular complexity index is 1210. The Morgan fingerprint density at radius 1 is 0.923 bits per heavy atom. The Morgan fingerprint density at radius 2 is 1.59 bits per heavy atom. The van der Waals surface area contributed by atoms with Gasteiger partial charge in [0.15, 0.2) is 0 Å². The normalized spacial score (nSPS) is 20.6. The number of hydrogen-bond donors (Lipinski definition) is 1. The van der Waals surface area contributed by atoms with Crippen molar-refractivity contribution in [1.29, 1.82) is 0 Å². The summed E-state index contributed by atoms with van der Waals surface area (Å²) in [5.41, 5.74) is 9.97. The lowest BCUT2D eigenvalue weighted by atomic mass is 9.87. The van der Waals surface area contributed by atoms with Gasteiger partial charge >= 0.3 is 6.03 Å². The summed E-state index contributed by atoms with van der Waals surface area (Å²) in [6, 6.07) is 7.67. The number of benzene rings is 1. The number of imidazole rings is 1. The molecule has 4 amide bonds. The van der Waals surface area contributed by atoms with Gasteiger partial charge in [-0.15, -0.1) is 0 Å². The van der Waals surface area contributed by atoms with E-state index < -0.39 is 12.1 Å². The van der Waals surface area contributed by atoms with E-state index in [4.69, 9.17) is 10.7 Å². The maximum absolute atomic E-state index is 13.9. The van der Waals surface area contributed by atoms with Crippen molar-refractivity contribution in [2.24, 2.45) is 11.7 Å². The van der Waals surface area contributed by atoms with Gasteiger partial charge in [0, 0.05) is 45.1 Å².